The van der Waals surface area contributed by atoms with E-state index in [1.807, 2.05) is 91.0 Å². The average molecular weight is 799 g/mol. The van der Waals surface area contributed by atoms with Gasteiger partial charge in [-0.25, -0.2) is 0 Å². The average Bonchev–Trinajstić information content (AvgIpc) is 3.13. The Labute approximate surface area is 319 Å². The molecule has 49 heavy (non-hydrogen) atoms. The molecular formula is C39H39N6O3Tb. The molecule has 0 unspecified atom stereocenters. The van der Waals surface area contributed by atoms with E-state index in [0.717, 1.165) is 33.8 Å². The molecule has 252 valence electrons. The molecule has 9 nitrogen and oxygen atoms in total. The molecule has 3 heterocycles. The van der Waals surface area contributed by atoms with Crippen LogP contribution in [0.1, 0.15) is 33.8 Å². The first-order valence-electron chi connectivity index (χ1n) is 15.6. The van der Waals surface area contributed by atoms with Crippen LogP contribution in [-0.4, -0.2) is 15.0 Å². The summed E-state index contributed by atoms with van der Waals surface area (Å²) in [6, 6.07) is 38.5. The van der Waals surface area contributed by atoms with Crippen LogP contribution in [-0.2, 0) is 39.3 Å². The van der Waals surface area contributed by atoms with Crippen LogP contribution in [0.25, 0.3) is 0 Å². The normalized spacial score (nSPS) is 10.0. The van der Waals surface area contributed by atoms with Crippen LogP contribution in [0.15, 0.2) is 146 Å². The molecule has 0 fully saturated rings. The molecule has 0 aliphatic rings. The Morgan fingerprint density at radius 2 is 0.612 bits per heavy atom. The molecule has 10 heteroatoms. The van der Waals surface area contributed by atoms with E-state index in [1.54, 1.807) is 55.0 Å². The molecule has 0 amide bonds. The van der Waals surface area contributed by atoms with E-state index in [-0.39, 0.29) is 55.9 Å². The molecule has 0 saturated heterocycles. The largest absolute Gasteiger partial charge is 3.00 e. The van der Waals surface area contributed by atoms with Gasteiger partial charge in [-0.05, 0) is 53.1 Å². The fourth-order valence-corrected chi connectivity index (χ4v) is 4.43. The van der Waals surface area contributed by atoms with Crippen LogP contribution in [0, 0.1) is 38.6 Å². The van der Waals surface area contributed by atoms with E-state index in [1.165, 1.54) is 0 Å². The number of pyridine rings is 3. The molecule has 0 aliphatic carbocycles. The SMILES string of the molecule is [O-]c1ccccc1CNCc1ccccn1.[O-]c1ccccc1CNCc1ccccn1.[O-]c1ccccc1CNCc1ccccn1.[Tb+3]. The van der Waals surface area contributed by atoms with Gasteiger partial charge in [-0.3, -0.25) is 15.0 Å². The Kier molecular flexibility index (Phi) is 18.4. The van der Waals surface area contributed by atoms with E-state index in [2.05, 4.69) is 30.9 Å². The Morgan fingerprint density at radius 1 is 0.347 bits per heavy atom. The molecule has 0 atom stereocenters. The maximum atomic E-state index is 11.4. The zero-order valence-corrected chi connectivity index (χ0v) is 29.1. The number of hydrogen-bond acceptors (Lipinski definition) is 9. The van der Waals surface area contributed by atoms with Gasteiger partial charge >= 0.3 is 38.6 Å². The third-order valence-electron chi connectivity index (χ3n) is 6.96. The van der Waals surface area contributed by atoms with Crippen molar-refractivity contribution in [1.82, 2.24) is 30.9 Å². The van der Waals surface area contributed by atoms with E-state index in [4.69, 9.17) is 0 Å². The monoisotopic (exact) mass is 798 g/mol. The van der Waals surface area contributed by atoms with Gasteiger partial charge in [0, 0.05) is 57.9 Å². The molecule has 0 saturated carbocycles. The summed E-state index contributed by atoms with van der Waals surface area (Å²) in [6.07, 6.45) is 5.29. The van der Waals surface area contributed by atoms with Crippen LogP contribution < -0.4 is 31.3 Å². The molecule has 3 aromatic heterocycles. The number of nitrogens with one attached hydrogen (secondary N) is 3. The quantitative estimate of drug-likeness (QED) is 0.165. The summed E-state index contributed by atoms with van der Waals surface area (Å²) in [4.78, 5) is 12.6. The summed E-state index contributed by atoms with van der Waals surface area (Å²) in [7, 11) is 0. The van der Waals surface area contributed by atoms with Crippen molar-refractivity contribution in [3.8, 4) is 17.2 Å². The van der Waals surface area contributed by atoms with Crippen molar-refractivity contribution in [1.29, 1.82) is 0 Å². The van der Waals surface area contributed by atoms with Crippen LogP contribution in [0.3, 0.4) is 0 Å². The Bertz CT molecular complexity index is 1540. The van der Waals surface area contributed by atoms with E-state index < -0.39 is 0 Å². The second-order valence-corrected chi connectivity index (χ2v) is 10.6. The molecule has 6 rings (SSSR count). The standard InChI is InChI=1S/3C13H14N2O.Tb/c3*16-13-7-2-1-5-11(13)9-14-10-12-6-3-4-8-15-12;/h3*1-8,14,16H,9-10H2;/q;;;+3/p-3. The van der Waals surface area contributed by atoms with Crippen LogP contribution in [0.4, 0.5) is 0 Å². The maximum Gasteiger partial charge on any atom is 3.00 e. The minimum atomic E-state index is 0. The van der Waals surface area contributed by atoms with Gasteiger partial charge in [0.1, 0.15) is 0 Å². The summed E-state index contributed by atoms with van der Waals surface area (Å²) >= 11 is 0. The van der Waals surface area contributed by atoms with Crippen molar-refractivity contribution < 1.29 is 53.9 Å². The van der Waals surface area contributed by atoms with E-state index in [0.29, 0.717) is 39.3 Å². The predicted molar refractivity (Wildman–Crippen MR) is 182 cm³/mol. The van der Waals surface area contributed by atoms with Crippen molar-refractivity contribution in [2.75, 3.05) is 0 Å². The van der Waals surface area contributed by atoms with Gasteiger partial charge in [-0.1, -0.05) is 91.0 Å². The number of aromatic nitrogens is 3. The molecule has 0 aliphatic heterocycles. The fourth-order valence-electron chi connectivity index (χ4n) is 4.43. The Balaban J connectivity index is 0.000000197. The number of para-hydroxylation sites is 3. The minimum Gasteiger partial charge on any atom is -0.872 e. The minimum absolute atomic E-state index is 0. The molecule has 3 N–H and O–H groups in total. The van der Waals surface area contributed by atoms with Crippen molar-refractivity contribution in [2.24, 2.45) is 0 Å². The summed E-state index contributed by atoms with van der Waals surface area (Å²) < 4.78 is 0. The second-order valence-electron chi connectivity index (χ2n) is 10.6. The summed E-state index contributed by atoms with van der Waals surface area (Å²) in [5.41, 5.74) is 5.30. The smallest absolute Gasteiger partial charge is 0.872 e. The summed E-state index contributed by atoms with van der Waals surface area (Å²) in [5.74, 6) is 0.239. The van der Waals surface area contributed by atoms with Gasteiger partial charge in [-0.2, -0.15) is 0 Å². The van der Waals surface area contributed by atoms with Gasteiger partial charge in [-0.15, -0.1) is 17.2 Å². The first-order valence-corrected chi connectivity index (χ1v) is 15.6. The maximum absolute atomic E-state index is 11.4. The molecule has 0 bridgehead atoms. The van der Waals surface area contributed by atoms with Crippen LogP contribution >= 0.6 is 0 Å². The van der Waals surface area contributed by atoms with Gasteiger partial charge in [0.2, 0.25) is 0 Å². The Morgan fingerprint density at radius 3 is 0.857 bits per heavy atom. The van der Waals surface area contributed by atoms with Crippen molar-refractivity contribution >= 4 is 0 Å². The third-order valence-corrected chi connectivity index (χ3v) is 6.96. The van der Waals surface area contributed by atoms with Crippen molar-refractivity contribution in [3.63, 3.8) is 0 Å². The van der Waals surface area contributed by atoms with Crippen LogP contribution in [0.5, 0.6) is 17.2 Å². The number of hydrogen-bond donors (Lipinski definition) is 3. The fraction of sp³-hybridized carbons (Fsp3) is 0.154. The van der Waals surface area contributed by atoms with Gasteiger partial charge in [0.05, 0.1) is 17.1 Å². The summed E-state index contributed by atoms with van der Waals surface area (Å²) in [5, 5.41) is 43.8. The van der Waals surface area contributed by atoms with Gasteiger partial charge < -0.3 is 31.3 Å². The Hall–Kier alpha value is -4.32. The van der Waals surface area contributed by atoms with Gasteiger partial charge in [0.15, 0.2) is 0 Å². The molecule has 0 spiro atoms. The summed E-state index contributed by atoms with van der Waals surface area (Å²) in [6.45, 7) is 3.77. The first kappa shape index (κ1) is 39.1. The first-order chi connectivity index (χ1) is 23.6. The number of nitrogens with zero attached hydrogens (tertiary/aromatic N) is 3. The predicted octanol–water partition coefficient (Wildman–Crippen LogP) is 4.34. The zero-order valence-electron chi connectivity index (χ0n) is 27.0. The molecular weight excluding hydrogens is 759 g/mol. The number of benzene rings is 3. The van der Waals surface area contributed by atoms with Gasteiger partial charge in [0.25, 0.3) is 0 Å². The molecule has 0 radical (unpaired) electrons. The zero-order chi connectivity index (χ0) is 33.7. The molecule has 6 aromatic rings. The van der Waals surface area contributed by atoms with Crippen molar-refractivity contribution in [2.45, 2.75) is 39.3 Å². The third kappa shape index (κ3) is 15.2. The second kappa shape index (κ2) is 23.1. The van der Waals surface area contributed by atoms with E-state index in [9.17, 15) is 15.3 Å². The van der Waals surface area contributed by atoms with Crippen LogP contribution in [0.2, 0.25) is 0 Å². The topological polar surface area (TPSA) is 144 Å². The van der Waals surface area contributed by atoms with Crippen molar-refractivity contribution in [3.05, 3.63) is 180 Å². The van der Waals surface area contributed by atoms with E-state index >= 15 is 0 Å². The number of rotatable bonds is 12. The molecule has 3 aromatic carbocycles.